The Hall–Kier alpha value is -1.22. The lowest BCUT2D eigenvalue weighted by Gasteiger charge is -2.17. The smallest absolute Gasteiger partial charge is 0.328 e. The summed E-state index contributed by atoms with van der Waals surface area (Å²) in [6.45, 7) is 3.93. The van der Waals surface area contributed by atoms with Gasteiger partial charge in [-0.2, -0.15) is 5.26 Å². The molecule has 0 aromatic heterocycles. The van der Waals surface area contributed by atoms with Crippen LogP contribution in [0.2, 0.25) is 0 Å². The molecule has 1 unspecified atom stereocenters. The summed E-state index contributed by atoms with van der Waals surface area (Å²) in [5.74, 6) is 0.0458. The van der Waals surface area contributed by atoms with E-state index in [4.69, 9.17) is 5.26 Å². The molecule has 0 spiro atoms. The minimum absolute atomic E-state index is 0.180. The molecule has 0 bridgehead atoms. The van der Waals surface area contributed by atoms with Gasteiger partial charge in [0.05, 0.1) is 24.7 Å². The van der Waals surface area contributed by atoms with Gasteiger partial charge in [0, 0.05) is 0 Å². The SMILES string of the molecule is COC(=O)C(CC(C)C)NC(=O)CSCC#N. The van der Waals surface area contributed by atoms with Crippen molar-refractivity contribution in [3.05, 3.63) is 0 Å². The summed E-state index contributed by atoms with van der Waals surface area (Å²) < 4.78 is 4.63. The Bertz CT molecular complexity index is 300. The third-order valence-corrected chi connectivity index (χ3v) is 2.73. The van der Waals surface area contributed by atoms with Crippen LogP contribution in [-0.2, 0) is 14.3 Å². The van der Waals surface area contributed by atoms with Crippen molar-refractivity contribution in [3.63, 3.8) is 0 Å². The quantitative estimate of drug-likeness (QED) is 0.543. The van der Waals surface area contributed by atoms with Crippen LogP contribution in [0.15, 0.2) is 0 Å². The molecule has 6 heteroatoms. The molecule has 5 nitrogen and oxygen atoms in total. The second-order valence-corrected chi connectivity index (χ2v) is 4.91. The van der Waals surface area contributed by atoms with Crippen molar-refractivity contribution in [2.45, 2.75) is 26.3 Å². The van der Waals surface area contributed by atoms with E-state index in [1.54, 1.807) is 0 Å². The number of nitrogens with one attached hydrogen (secondary N) is 1. The summed E-state index contributed by atoms with van der Waals surface area (Å²) in [5, 5.41) is 10.9. The molecule has 0 radical (unpaired) electrons. The van der Waals surface area contributed by atoms with Gasteiger partial charge in [-0.3, -0.25) is 4.79 Å². The third-order valence-electron chi connectivity index (χ3n) is 1.93. The second-order valence-electron chi connectivity index (χ2n) is 3.92. The van der Waals surface area contributed by atoms with Gasteiger partial charge < -0.3 is 10.1 Å². The molecule has 0 saturated heterocycles. The summed E-state index contributed by atoms with van der Waals surface area (Å²) in [6.07, 6.45) is 0.543. The van der Waals surface area contributed by atoms with Gasteiger partial charge in [0.2, 0.25) is 5.91 Å². The fourth-order valence-corrected chi connectivity index (χ4v) is 1.72. The molecule has 1 N–H and O–H groups in total. The van der Waals surface area contributed by atoms with E-state index in [9.17, 15) is 9.59 Å². The topological polar surface area (TPSA) is 79.2 Å². The van der Waals surface area contributed by atoms with Crippen molar-refractivity contribution >= 4 is 23.6 Å². The van der Waals surface area contributed by atoms with Gasteiger partial charge in [0.1, 0.15) is 6.04 Å². The van der Waals surface area contributed by atoms with Crippen molar-refractivity contribution in [2.24, 2.45) is 5.92 Å². The molecule has 17 heavy (non-hydrogen) atoms. The van der Waals surface area contributed by atoms with Crippen LogP contribution in [0.1, 0.15) is 20.3 Å². The normalized spacial score (nSPS) is 11.7. The van der Waals surface area contributed by atoms with Crippen molar-refractivity contribution < 1.29 is 14.3 Å². The third kappa shape index (κ3) is 7.64. The number of hydrogen-bond donors (Lipinski definition) is 1. The van der Waals surface area contributed by atoms with Crippen molar-refractivity contribution in [1.29, 1.82) is 5.26 Å². The van der Waals surface area contributed by atoms with Gasteiger partial charge in [-0.1, -0.05) is 13.8 Å². The summed E-state index contributed by atoms with van der Waals surface area (Å²) in [4.78, 5) is 22.9. The van der Waals surface area contributed by atoms with E-state index >= 15 is 0 Å². The lowest BCUT2D eigenvalue weighted by molar-refractivity contribution is -0.145. The Labute approximate surface area is 106 Å². The predicted octanol–water partition coefficient (Wildman–Crippen LogP) is 0.947. The van der Waals surface area contributed by atoms with Crippen LogP contribution in [-0.4, -0.2) is 36.5 Å². The fourth-order valence-electron chi connectivity index (χ4n) is 1.25. The van der Waals surface area contributed by atoms with E-state index in [0.717, 1.165) is 0 Å². The highest BCUT2D eigenvalue weighted by molar-refractivity contribution is 8.00. The number of carbonyl (C=O) groups excluding carboxylic acids is 2. The lowest BCUT2D eigenvalue weighted by atomic mass is 10.0. The highest BCUT2D eigenvalue weighted by atomic mass is 32.2. The Morgan fingerprint density at radius 3 is 2.59 bits per heavy atom. The van der Waals surface area contributed by atoms with E-state index in [2.05, 4.69) is 10.1 Å². The molecule has 0 rings (SSSR count). The number of nitriles is 1. The zero-order valence-corrected chi connectivity index (χ0v) is 11.2. The number of methoxy groups -OCH3 is 1. The van der Waals surface area contributed by atoms with Crippen LogP contribution in [0.5, 0.6) is 0 Å². The summed E-state index contributed by atoms with van der Waals surface area (Å²) in [7, 11) is 1.30. The molecule has 0 saturated carbocycles. The predicted molar refractivity (Wildman–Crippen MR) is 66.3 cm³/mol. The molecule has 0 aliphatic carbocycles. The van der Waals surface area contributed by atoms with E-state index < -0.39 is 12.0 Å². The zero-order valence-electron chi connectivity index (χ0n) is 10.4. The van der Waals surface area contributed by atoms with Crippen LogP contribution < -0.4 is 5.32 Å². The molecule has 0 aromatic rings. The number of hydrogen-bond acceptors (Lipinski definition) is 5. The Morgan fingerprint density at radius 2 is 2.12 bits per heavy atom. The van der Waals surface area contributed by atoms with Crippen LogP contribution in [0, 0.1) is 17.2 Å². The van der Waals surface area contributed by atoms with Gasteiger partial charge >= 0.3 is 5.97 Å². The number of nitrogens with zero attached hydrogens (tertiary/aromatic N) is 1. The van der Waals surface area contributed by atoms with Crippen molar-refractivity contribution in [3.8, 4) is 6.07 Å². The molecule has 96 valence electrons. The Kier molecular flexibility index (Phi) is 8.24. The molecular weight excluding hydrogens is 240 g/mol. The number of esters is 1. The zero-order chi connectivity index (χ0) is 13.3. The highest BCUT2D eigenvalue weighted by Crippen LogP contribution is 2.07. The van der Waals surface area contributed by atoms with Gasteiger partial charge in [0.15, 0.2) is 0 Å². The minimum atomic E-state index is -0.602. The Morgan fingerprint density at radius 1 is 1.47 bits per heavy atom. The van der Waals surface area contributed by atoms with E-state index in [-0.39, 0.29) is 23.3 Å². The molecule has 0 heterocycles. The van der Waals surface area contributed by atoms with Crippen molar-refractivity contribution in [1.82, 2.24) is 5.32 Å². The van der Waals surface area contributed by atoms with Crippen LogP contribution in [0.3, 0.4) is 0 Å². The molecule has 0 fully saturated rings. The average Bonchev–Trinajstić information content (AvgIpc) is 2.27. The summed E-state index contributed by atoms with van der Waals surface area (Å²) in [6, 6.07) is 1.33. The number of thioether (sulfide) groups is 1. The van der Waals surface area contributed by atoms with Crippen LogP contribution in [0.25, 0.3) is 0 Å². The first-order valence-corrected chi connectivity index (χ1v) is 6.48. The lowest BCUT2D eigenvalue weighted by Crippen LogP contribution is -2.43. The second kappa shape index (κ2) is 8.88. The number of amides is 1. The number of carbonyl (C=O) groups is 2. The van der Waals surface area contributed by atoms with Gasteiger partial charge in [0.25, 0.3) is 0 Å². The summed E-state index contributed by atoms with van der Waals surface area (Å²) >= 11 is 1.22. The van der Waals surface area contributed by atoms with Gasteiger partial charge in [-0.05, 0) is 12.3 Å². The maximum atomic E-state index is 11.5. The van der Waals surface area contributed by atoms with Crippen LogP contribution in [0.4, 0.5) is 0 Å². The van der Waals surface area contributed by atoms with E-state index in [1.807, 2.05) is 19.9 Å². The first kappa shape index (κ1) is 15.8. The van der Waals surface area contributed by atoms with E-state index in [1.165, 1.54) is 18.9 Å². The molecule has 1 atom stereocenters. The number of ether oxygens (including phenoxy) is 1. The maximum Gasteiger partial charge on any atom is 0.328 e. The molecule has 0 aliphatic rings. The molecular formula is C11H18N2O3S. The van der Waals surface area contributed by atoms with E-state index in [0.29, 0.717) is 6.42 Å². The monoisotopic (exact) mass is 258 g/mol. The maximum absolute atomic E-state index is 11.5. The van der Waals surface area contributed by atoms with Crippen LogP contribution >= 0.6 is 11.8 Å². The van der Waals surface area contributed by atoms with Crippen molar-refractivity contribution in [2.75, 3.05) is 18.6 Å². The highest BCUT2D eigenvalue weighted by Gasteiger charge is 2.22. The minimum Gasteiger partial charge on any atom is -0.467 e. The standard InChI is InChI=1S/C11H18N2O3S/c1-8(2)6-9(11(15)16-3)13-10(14)7-17-5-4-12/h8-9H,5-7H2,1-3H3,(H,13,14). The fraction of sp³-hybridized carbons (Fsp3) is 0.727. The molecule has 0 aromatic carbocycles. The van der Waals surface area contributed by atoms with Gasteiger partial charge in [-0.25, -0.2) is 4.79 Å². The number of rotatable bonds is 7. The summed E-state index contributed by atoms with van der Waals surface area (Å²) in [5.41, 5.74) is 0. The Balaban J connectivity index is 4.19. The van der Waals surface area contributed by atoms with Gasteiger partial charge in [-0.15, -0.1) is 11.8 Å². The average molecular weight is 258 g/mol. The first-order chi connectivity index (χ1) is 8.01. The largest absolute Gasteiger partial charge is 0.467 e. The molecule has 0 aliphatic heterocycles. The first-order valence-electron chi connectivity index (χ1n) is 5.33. The molecule has 1 amide bonds.